The Morgan fingerprint density at radius 1 is 0.939 bits per heavy atom. The lowest BCUT2D eigenvalue weighted by Crippen LogP contribution is -2.21. The smallest absolute Gasteiger partial charge is 0.339 e. The van der Waals surface area contributed by atoms with Crippen LogP contribution < -0.4 is 5.32 Å². The fourth-order valence-electron chi connectivity index (χ4n) is 3.53. The van der Waals surface area contributed by atoms with Crippen molar-refractivity contribution in [2.24, 2.45) is 0 Å². The molecule has 1 aromatic heterocycles. The van der Waals surface area contributed by atoms with Crippen LogP contribution in [0, 0.1) is 20.8 Å². The van der Waals surface area contributed by atoms with Gasteiger partial charge >= 0.3 is 5.97 Å². The average Bonchev–Trinajstić information content (AvgIpc) is 2.80. The summed E-state index contributed by atoms with van der Waals surface area (Å²) in [6, 6.07) is 20.9. The van der Waals surface area contributed by atoms with Crippen molar-refractivity contribution in [3.63, 3.8) is 0 Å². The quantitative estimate of drug-likeness (QED) is 0.321. The monoisotopic (exact) mass is 502 g/mol. The SMILES string of the molecule is Cc1ccc(-c2cc(C(=O)OCC(=O)Nc3cc(C)c(Br)cc3C)c3ccccc3n2)cc1. The van der Waals surface area contributed by atoms with Gasteiger partial charge in [0.1, 0.15) is 0 Å². The summed E-state index contributed by atoms with van der Waals surface area (Å²) in [7, 11) is 0. The number of para-hydroxylation sites is 1. The van der Waals surface area contributed by atoms with E-state index in [1.807, 2.05) is 81.4 Å². The van der Waals surface area contributed by atoms with Gasteiger partial charge in [-0.25, -0.2) is 9.78 Å². The van der Waals surface area contributed by atoms with E-state index in [0.29, 0.717) is 27.8 Å². The second-order valence-corrected chi connectivity index (χ2v) is 8.83. The van der Waals surface area contributed by atoms with E-state index >= 15 is 0 Å². The molecule has 6 heteroatoms. The Hall–Kier alpha value is -3.51. The van der Waals surface area contributed by atoms with Crippen LogP contribution in [-0.2, 0) is 9.53 Å². The Balaban J connectivity index is 1.56. The average molecular weight is 503 g/mol. The number of carbonyl (C=O) groups excluding carboxylic acids is 2. The number of rotatable bonds is 5. The van der Waals surface area contributed by atoms with Gasteiger partial charge in [-0.2, -0.15) is 0 Å². The zero-order valence-electron chi connectivity index (χ0n) is 18.6. The van der Waals surface area contributed by atoms with Crippen LogP contribution >= 0.6 is 15.9 Å². The summed E-state index contributed by atoms with van der Waals surface area (Å²) in [4.78, 5) is 30.2. The molecule has 33 heavy (non-hydrogen) atoms. The molecular weight excluding hydrogens is 480 g/mol. The lowest BCUT2D eigenvalue weighted by Gasteiger charge is -2.12. The molecule has 1 heterocycles. The minimum atomic E-state index is -0.569. The second-order valence-electron chi connectivity index (χ2n) is 7.98. The van der Waals surface area contributed by atoms with E-state index in [-0.39, 0.29) is 6.61 Å². The number of nitrogens with one attached hydrogen (secondary N) is 1. The van der Waals surface area contributed by atoms with E-state index in [1.165, 1.54) is 0 Å². The van der Waals surface area contributed by atoms with E-state index in [4.69, 9.17) is 9.72 Å². The predicted octanol–water partition coefficient (Wildman–Crippen LogP) is 6.39. The van der Waals surface area contributed by atoms with Crippen molar-refractivity contribution in [2.45, 2.75) is 20.8 Å². The number of nitrogens with zero attached hydrogens (tertiary/aromatic N) is 1. The highest BCUT2D eigenvalue weighted by molar-refractivity contribution is 9.10. The summed E-state index contributed by atoms with van der Waals surface area (Å²) < 4.78 is 6.36. The van der Waals surface area contributed by atoms with Gasteiger partial charge in [-0.15, -0.1) is 0 Å². The van der Waals surface area contributed by atoms with Crippen molar-refractivity contribution in [2.75, 3.05) is 11.9 Å². The van der Waals surface area contributed by atoms with Crippen molar-refractivity contribution >= 4 is 44.4 Å². The summed E-state index contributed by atoms with van der Waals surface area (Å²) in [6.07, 6.45) is 0. The zero-order valence-corrected chi connectivity index (χ0v) is 20.2. The fraction of sp³-hybridized carbons (Fsp3) is 0.148. The molecule has 4 aromatic rings. The van der Waals surface area contributed by atoms with E-state index in [0.717, 1.165) is 26.7 Å². The van der Waals surface area contributed by atoms with Crippen LogP contribution in [0.15, 0.2) is 71.2 Å². The lowest BCUT2D eigenvalue weighted by atomic mass is 10.0. The molecule has 3 aromatic carbocycles. The number of anilines is 1. The van der Waals surface area contributed by atoms with Crippen molar-refractivity contribution in [3.05, 3.63) is 93.5 Å². The van der Waals surface area contributed by atoms with Gasteiger partial charge in [0.2, 0.25) is 0 Å². The van der Waals surface area contributed by atoms with Crippen LogP contribution in [-0.4, -0.2) is 23.5 Å². The summed E-state index contributed by atoms with van der Waals surface area (Å²) in [5.41, 5.74) is 6.38. The van der Waals surface area contributed by atoms with Crippen molar-refractivity contribution in [1.82, 2.24) is 4.98 Å². The number of esters is 1. The van der Waals surface area contributed by atoms with E-state index in [9.17, 15) is 9.59 Å². The maximum absolute atomic E-state index is 13.0. The lowest BCUT2D eigenvalue weighted by molar-refractivity contribution is -0.119. The third kappa shape index (κ3) is 5.12. The number of ether oxygens (including phenoxy) is 1. The van der Waals surface area contributed by atoms with Crippen LogP contribution in [0.2, 0.25) is 0 Å². The Morgan fingerprint density at radius 2 is 1.67 bits per heavy atom. The van der Waals surface area contributed by atoms with Gasteiger partial charge in [0.25, 0.3) is 5.91 Å². The Morgan fingerprint density at radius 3 is 2.42 bits per heavy atom. The molecule has 0 aliphatic heterocycles. The topological polar surface area (TPSA) is 68.3 Å². The number of hydrogen-bond donors (Lipinski definition) is 1. The molecular formula is C27H23BrN2O3. The molecule has 0 spiro atoms. The molecule has 0 aliphatic rings. The molecule has 0 fully saturated rings. The third-order valence-electron chi connectivity index (χ3n) is 5.40. The fourth-order valence-corrected chi connectivity index (χ4v) is 3.99. The number of hydrogen-bond acceptors (Lipinski definition) is 4. The first kappa shape index (κ1) is 22.7. The molecule has 0 saturated heterocycles. The van der Waals surface area contributed by atoms with Gasteiger partial charge in [-0.3, -0.25) is 4.79 Å². The van der Waals surface area contributed by atoms with Gasteiger partial charge in [-0.05, 0) is 56.2 Å². The summed E-state index contributed by atoms with van der Waals surface area (Å²) in [5.74, 6) is -0.967. The number of benzene rings is 3. The number of carbonyl (C=O) groups is 2. The highest BCUT2D eigenvalue weighted by atomic mass is 79.9. The van der Waals surface area contributed by atoms with Crippen molar-refractivity contribution in [3.8, 4) is 11.3 Å². The normalized spacial score (nSPS) is 10.8. The van der Waals surface area contributed by atoms with E-state index in [1.54, 1.807) is 6.07 Å². The maximum Gasteiger partial charge on any atom is 0.339 e. The van der Waals surface area contributed by atoms with Crippen LogP contribution in [0.5, 0.6) is 0 Å². The molecule has 0 aliphatic carbocycles. The molecule has 5 nitrogen and oxygen atoms in total. The standard InChI is InChI=1S/C27H23BrN2O3/c1-16-8-10-19(11-9-16)25-14-21(20-6-4-5-7-23(20)29-25)27(32)33-15-26(31)30-24-13-17(2)22(28)12-18(24)3/h4-14H,15H2,1-3H3,(H,30,31). The molecule has 0 atom stereocenters. The number of pyridine rings is 1. The number of aromatic nitrogens is 1. The molecule has 4 rings (SSSR count). The summed E-state index contributed by atoms with van der Waals surface area (Å²) in [5, 5.41) is 3.49. The third-order valence-corrected chi connectivity index (χ3v) is 6.25. The van der Waals surface area contributed by atoms with E-state index < -0.39 is 11.9 Å². The van der Waals surface area contributed by atoms with Gasteiger partial charge in [0.05, 0.1) is 16.8 Å². The van der Waals surface area contributed by atoms with Crippen LogP contribution in [0.4, 0.5) is 5.69 Å². The molecule has 1 amide bonds. The number of fused-ring (bicyclic) bond motifs is 1. The van der Waals surface area contributed by atoms with Crippen LogP contribution in [0.1, 0.15) is 27.0 Å². The number of aryl methyl sites for hydroxylation is 3. The molecule has 0 radical (unpaired) electrons. The molecule has 0 bridgehead atoms. The first-order valence-electron chi connectivity index (χ1n) is 10.5. The largest absolute Gasteiger partial charge is 0.452 e. The summed E-state index contributed by atoms with van der Waals surface area (Å²) in [6.45, 7) is 5.48. The maximum atomic E-state index is 13.0. The highest BCUT2D eigenvalue weighted by Crippen LogP contribution is 2.26. The van der Waals surface area contributed by atoms with Gasteiger partial charge in [0, 0.05) is 21.1 Å². The zero-order chi connectivity index (χ0) is 23.5. The number of halogens is 1. The molecule has 166 valence electrons. The minimum Gasteiger partial charge on any atom is -0.452 e. The molecule has 0 saturated carbocycles. The van der Waals surface area contributed by atoms with Gasteiger partial charge in [-0.1, -0.05) is 64.0 Å². The van der Waals surface area contributed by atoms with Gasteiger partial charge in [0.15, 0.2) is 6.61 Å². The first-order valence-corrected chi connectivity index (χ1v) is 11.3. The first-order chi connectivity index (χ1) is 15.8. The van der Waals surface area contributed by atoms with Crippen LogP contribution in [0.25, 0.3) is 22.2 Å². The Bertz CT molecular complexity index is 1360. The number of amides is 1. The minimum absolute atomic E-state index is 0.375. The Labute approximate surface area is 200 Å². The van der Waals surface area contributed by atoms with E-state index in [2.05, 4.69) is 21.2 Å². The highest BCUT2D eigenvalue weighted by Gasteiger charge is 2.17. The van der Waals surface area contributed by atoms with Crippen molar-refractivity contribution < 1.29 is 14.3 Å². The van der Waals surface area contributed by atoms with Gasteiger partial charge < -0.3 is 10.1 Å². The predicted molar refractivity (Wildman–Crippen MR) is 134 cm³/mol. The van der Waals surface area contributed by atoms with Crippen molar-refractivity contribution in [1.29, 1.82) is 0 Å². The second kappa shape index (κ2) is 9.55. The van der Waals surface area contributed by atoms with Crippen LogP contribution in [0.3, 0.4) is 0 Å². The summed E-state index contributed by atoms with van der Waals surface area (Å²) >= 11 is 3.48. The molecule has 1 N–H and O–H groups in total. The molecule has 0 unspecified atom stereocenters. The Kier molecular flexibility index (Phi) is 6.56.